The Morgan fingerprint density at radius 3 is 2.83 bits per heavy atom. The second-order valence-corrected chi connectivity index (χ2v) is 7.23. The highest BCUT2D eigenvalue weighted by atomic mass is 79.9. The summed E-state index contributed by atoms with van der Waals surface area (Å²) in [5.41, 5.74) is 2.39. The minimum absolute atomic E-state index is 0.501. The van der Waals surface area contributed by atoms with Crippen molar-refractivity contribution in [3.8, 4) is 0 Å². The normalized spacial score (nSPS) is 11.4. The standard InChI is InChI=1S/C13H18BrN3S/c1-9(2)15-6-11-7-17(16-10(11)3)8-12-4-5-13(14)18-12/h4-5,7,9,15H,6,8H2,1-3H3. The molecule has 0 saturated carbocycles. The Balaban J connectivity index is 2.04. The summed E-state index contributed by atoms with van der Waals surface area (Å²) in [6.07, 6.45) is 2.14. The molecule has 0 fully saturated rings. The van der Waals surface area contributed by atoms with Crippen molar-refractivity contribution in [3.63, 3.8) is 0 Å². The molecule has 0 aromatic carbocycles. The number of aryl methyl sites for hydroxylation is 1. The van der Waals surface area contributed by atoms with E-state index in [1.807, 2.05) is 4.68 Å². The lowest BCUT2D eigenvalue weighted by molar-refractivity contribution is 0.587. The molecular weight excluding hydrogens is 310 g/mol. The molecule has 2 aromatic heterocycles. The number of thiophene rings is 1. The second kappa shape index (κ2) is 5.99. The molecule has 0 spiro atoms. The number of nitrogens with zero attached hydrogens (tertiary/aromatic N) is 2. The highest BCUT2D eigenvalue weighted by Gasteiger charge is 2.06. The van der Waals surface area contributed by atoms with E-state index in [0.29, 0.717) is 6.04 Å². The molecule has 1 N–H and O–H groups in total. The van der Waals surface area contributed by atoms with Crippen LogP contribution >= 0.6 is 27.3 Å². The van der Waals surface area contributed by atoms with Crippen LogP contribution in [0.3, 0.4) is 0 Å². The first kappa shape index (κ1) is 13.8. The Kier molecular flexibility index (Phi) is 4.59. The van der Waals surface area contributed by atoms with Crippen LogP contribution in [0.25, 0.3) is 0 Å². The summed E-state index contributed by atoms with van der Waals surface area (Å²) >= 11 is 5.24. The third-order valence-corrected chi connectivity index (χ3v) is 4.30. The molecule has 0 atom stereocenters. The molecule has 0 aliphatic rings. The van der Waals surface area contributed by atoms with Crippen LogP contribution in [0.15, 0.2) is 22.1 Å². The second-order valence-electron chi connectivity index (χ2n) is 4.68. The van der Waals surface area contributed by atoms with Gasteiger partial charge in [-0.15, -0.1) is 11.3 Å². The maximum absolute atomic E-state index is 4.56. The molecule has 0 aliphatic carbocycles. The molecule has 0 bridgehead atoms. The number of hydrogen-bond acceptors (Lipinski definition) is 3. The highest BCUT2D eigenvalue weighted by molar-refractivity contribution is 9.11. The van der Waals surface area contributed by atoms with E-state index in [1.54, 1.807) is 11.3 Å². The summed E-state index contributed by atoms with van der Waals surface area (Å²) in [5, 5.41) is 7.99. The topological polar surface area (TPSA) is 29.9 Å². The highest BCUT2D eigenvalue weighted by Crippen LogP contribution is 2.22. The third kappa shape index (κ3) is 3.67. The van der Waals surface area contributed by atoms with Crippen molar-refractivity contribution in [1.82, 2.24) is 15.1 Å². The van der Waals surface area contributed by atoms with Gasteiger partial charge in [0.1, 0.15) is 0 Å². The number of nitrogens with one attached hydrogen (secondary N) is 1. The van der Waals surface area contributed by atoms with Crippen molar-refractivity contribution in [2.45, 2.75) is 39.9 Å². The van der Waals surface area contributed by atoms with Gasteiger partial charge in [0.05, 0.1) is 16.0 Å². The largest absolute Gasteiger partial charge is 0.310 e. The van der Waals surface area contributed by atoms with Crippen molar-refractivity contribution in [2.75, 3.05) is 0 Å². The fraction of sp³-hybridized carbons (Fsp3) is 0.462. The van der Waals surface area contributed by atoms with E-state index in [9.17, 15) is 0 Å². The van der Waals surface area contributed by atoms with Crippen molar-refractivity contribution >= 4 is 27.3 Å². The molecule has 0 aliphatic heterocycles. The fourth-order valence-electron chi connectivity index (χ4n) is 1.72. The van der Waals surface area contributed by atoms with Gasteiger partial charge in [-0.25, -0.2) is 0 Å². The summed E-state index contributed by atoms with van der Waals surface area (Å²) < 4.78 is 3.19. The van der Waals surface area contributed by atoms with Crippen molar-refractivity contribution in [2.24, 2.45) is 0 Å². The molecule has 0 radical (unpaired) electrons. The molecule has 98 valence electrons. The Morgan fingerprint density at radius 2 is 2.22 bits per heavy atom. The van der Waals surface area contributed by atoms with Gasteiger partial charge in [-0.1, -0.05) is 13.8 Å². The molecule has 0 unspecified atom stereocenters. The SMILES string of the molecule is Cc1nn(Cc2ccc(Br)s2)cc1CNC(C)C. The van der Waals surface area contributed by atoms with Crippen LogP contribution in [0.1, 0.15) is 30.0 Å². The van der Waals surface area contributed by atoms with Gasteiger partial charge >= 0.3 is 0 Å². The predicted octanol–water partition coefficient (Wildman–Crippen LogP) is 3.56. The molecule has 2 rings (SSSR count). The molecule has 3 nitrogen and oxygen atoms in total. The molecule has 0 saturated heterocycles. The summed E-state index contributed by atoms with van der Waals surface area (Å²) in [7, 11) is 0. The van der Waals surface area contributed by atoms with Gasteiger partial charge in [0, 0.05) is 29.2 Å². The maximum atomic E-state index is 4.56. The van der Waals surface area contributed by atoms with Crippen LogP contribution in [-0.4, -0.2) is 15.8 Å². The van der Waals surface area contributed by atoms with Crippen LogP contribution in [0, 0.1) is 6.92 Å². The Labute approximate surface area is 120 Å². The van der Waals surface area contributed by atoms with Crippen molar-refractivity contribution in [3.05, 3.63) is 38.3 Å². The van der Waals surface area contributed by atoms with Gasteiger partial charge < -0.3 is 5.32 Å². The Bertz CT molecular complexity index is 516. The third-order valence-electron chi connectivity index (χ3n) is 2.70. The average molecular weight is 328 g/mol. The molecule has 0 amide bonds. The van der Waals surface area contributed by atoms with Gasteiger partial charge in [0.25, 0.3) is 0 Å². The van der Waals surface area contributed by atoms with Gasteiger partial charge in [-0.2, -0.15) is 5.10 Å². The first-order chi connectivity index (χ1) is 8.54. The van der Waals surface area contributed by atoms with Crippen LogP contribution in [-0.2, 0) is 13.1 Å². The van der Waals surface area contributed by atoms with Crippen LogP contribution in [0.2, 0.25) is 0 Å². The fourth-order valence-corrected chi connectivity index (χ4v) is 3.20. The zero-order valence-corrected chi connectivity index (χ0v) is 13.3. The smallest absolute Gasteiger partial charge is 0.0752 e. The van der Waals surface area contributed by atoms with E-state index in [0.717, 1.165) is 18.8 Å². The van der Waals surface area contributed by atoms with Gasteiger partial charge in [-0.3, -0.25) is 4.68 Å². The average Bonchev–Trinajstić information content (AvgIpc) is 2.83. The van der Waals surface area contributed by atoms with E-state index in [2.05, 4.69) is 65.4 Å². The summed E-state index contributed by atoms with van der Waals surface area (Å²) in [5.74, 6) is 0. The zero-order chi connectivity index (χ0) is 13.1. The first-order valence-corrected chi connectivity index (χ1v) is 7.66. The molecule has 18 heavy (non-hydrogen) atoms. The molecular formula is C13H18BrN3S. The van der Waals surface area contributed by atoms with Gasteiger partial charge in [0.2, 0.25) is 0 Å². The van der Waals surface area contributed by atoms with Gasteiger partial charge in [0.15, 0.2) is 0 Å². The zero-order valence-electron chi connectivity index (χ0n) is 10.9. The minimum Gasteiger partial charge on any atom is -0.310 e. The molecule has 5 heteroatoms. The molecule has 2 heterocycles. The lowest BCUT2D eigenvalue weighted by Gasteiger charge is -2.06. The first-order valence-electron chi connectivity index (χ1n) is 6.05. The van der Waals surface area contributed by atoms with Crippen LogP contribution < -0.4 is 5.32 Å². The van der Waals surface area contributed by atoms with Crippen molar-refractivity contribution in [1.29, 1.82) is 0 Å². The van der Waals surface area contributed by atoms with Crippen LogP contribution in [0.4, 0.5) is 0 Å². The number of hydrogen-bond donors (Lipinski definition) is 1. The summed E-state index contributed by atoms with van der Waals surface area (Å²) in [4.78, 5) is 1.31. The monoisotopic (exact) mass is 327 g/mol. The lowest BCUT2D eigenvalue weighted by atomic mass is 10.2. The summed E-state index contributed by atoms with van der Waals surface area (Å²) in [6, 6.07) is 4.72. The number of halogens is 1. The predicted molar refractivity (Wildman–Crippen MR) is 80.1 cm³/mol. The number of rotatable bonds is 5. The lowest BCUT2D eigenvalue weighted by Crippen LogP contribution is -2.21. The maximum Gasteiger partial charge on any atom is 0.0752 e. The summed E-state index contributed by atoms with van der Waals surface area (Å²) in [6.45, 7) is 8.11. The molecule has 2 aromatic rings. The number of aromatic nitrogens is 2. The quantitative estimate of drug-likeness (QED) is 0.909. The van der Waals surface area contributed by atoms with E-state index in [4.69, 9.17) is 0 Å². The van der Waals surface area contributed by atoms with E-state index < -0.39 is 0 Å². The van der Waals surface area contributed by atoms with E-state index >= 15 is 0 Å². The Hall–Kier alpha value is -0.650. The minimum atomic E-state index is 0.501. The van der Waals surface area contributed by atoms with Gasteiger partial charge in [-0.05, 0) is 35.0 Å². The van der Waals surface area contributed by atoms with E-state index in [-0.39, 0.29) is 0 Å². The Morgan fingerprint density at radius 1 is 1.44 bits per heavy atom. The van der Waals surface area contributed by atoms with Crippen LogP contribution in [0.5, 0.6) is 0 Å². The van der Waals surface area contributed by atoms with Crippen molar-refractivity contribution < 1.29 is 0 Å². The van der Waals surface area contributed by atoms with E-state index in [1.165, 1.54) is 14.2 Å².